The van der Waals surface area contributed by atoms with Crippen molar-refractivity contribution in [2.45, 2.75) is 0 Å². The van der Waals surface area contributed by atoms with Crippen molar-refractivity contribution in [3.8, 4) is 17.1 Å². The Morgan fingerprint density at radius 3 is 2.68 bits per heavy atom. The monoisotopic (exact) mass is 311 g/mol. The van der Waals surface area contributed by atoms with Crippen molar-refractivity contribution in [2.24, 2.45) is 0 Å². The number of hydrogen-bond acceptors (Lipinski definition) is 5. The number of oxazole rings is 1. The Kier molecular flexibility index (Phi) is 2.83. The zero-order chi connectivity index (χ0) is 15.1. The van der Waals surface area contributed by atoms with Crippen LogP contribution in [0.2, 0.25) is 5.02 Å². The number of benzene rings is 2. The molecule has 108 valence electrons. The smallest absolute Gasteiger partial charge is 0.228 e. The van der Waals surface area contributed by atoms with Gasteiger partial charge in [0.15, 0.2) is 5.58 Å². The van der Waals surface area contributed by atoms with Crippen LogP contribution in [0.5, 0.6) is 0 Å². The Hall–Kier alpha value is -2.86. The zero-order valence-electron chi connectivity index (χ0n) is 11.3. The van der Waals surface area contributed by atoms with Crippen LogP contribution in [0, 0.1) is 0 Å². The maximum absolute atomic E-state index is 6.19. The van der Waals surface area contributed by atoms with Gasteiger partial charge in [0.25, 0.3) is 0 Å². The number of nitrogen functional groups attached to an aromatic ring is 1. The minimum atomic E-state index is 0.438. The summed E-state index contributed by atoms with van der Waals surface area (Å²) in [6.45, 7) is 0. The normalized spacial score (nSPS) is 11.1. The highest BCUT2D eigenvalue weighted by molar-refractivity contribution is 6.33. The first-order valence-electron chi connectivity index (χ1n) is 6.52. The maximum atomic E-state index is 6.19. The predicted molar refractivity (Wildman–Crippen MR) is 83.8 cm³/mol. The second kappa shape index (κ2) is 4.85. The molecule has 0 spiro atoms. The quantitative estimate of drug-likeness (QED) is 0.574. The van der Waals surface area contributed by atoms with E-state index >= 15 is 0 Å². The summed E-state index contributed by atoms with van der Waals surface area (Å²) in [6.07, 6.45) is 3.24. The molecule has 2 heterocycles. The molecule has 0 atom stereocenters. The molecule has 0 bridgehead atoms. The average Bonchev–Trinajstić information content (AvgIpc) is 3.17. The van der Waals surface area contributed by atoms with Gasteiger partial charge in [-0.05, 0) is 36.4 Å². The number of nitrogens with two attached hydrogens (primary N) is 1. The van der Waals surface area contributed by atoms with Crippen LogP contribution in [-0.4, -0.2) is 19.7 Å². The van der Waals surface area contributed by atoms with E-state index in [2.05, 4.69) is 15.2 Å². The van der Waals surface area contributed by atoms with Crippen LogP contribution in [0.15, 0.2) is 53.5 Å². The largest absolute Gasteiger partial charge is 0.436 e. The van der Waals surface area contributed by atoms with Gasteiger partial charge in [0.2, 0.25) is 5.89 Å². The highest BCUT2D eigenvalue weighted by Crippen LogP contribution is 2.32. The van der Waals surface area contributed by atoms with E-state index in [0.29, 0.717) is 27.7 Å². The molecule has 0 amide bonds. The van der Waals surface area contributed by atoms with Gasteiger partial charge >= 0.3 is 0 Å². The van der Waals surface area contributed by atoms with E-state index in [9.17, 15) is 0 Å². The molecular formula is C15H10ClN5O. The van der Waals surface area contributed by atoms with Crippen molar-refractivity contribution >= 4 is 28.4 Å². The van der Waals surface area contributed by atoms with Crippen molar-refractivity contribution in [1.29, 1.82) is 0 Å². The maximum Gasteiger partial charge on any atom is 0.228 e. The summed E-state index contributed by atoms with van der Waals surface area (Å²) >= 11 is 6.19. The lowest BCUT2D eigenvalue weighted by molar-refractivity contribution is 0.620. The van der Waals surface area contributed by atoms with E-state index in [0.717, 1.165) is 11.2 Å². The number of aromatic nitrogens is 4. The molecule has 6 nitrogen and oxygen atoms in total. The number of rotatable bonds is 2. The SMILES string of the molecule is Nc1ccc(Cl)c(-c2nc3cc(-n4cnnc4)ccc3o2)c1. The van der Waals surface area contributed by atoms with Crippen LogP contribution in [0.25, 0.3) is 28.2 Å². The highest BCUT2D eigenvalue weighted by Gasteiger charge is 2.12. The summed E-state index contributed by atoms with van der Waals surface area (Å²) in [5, 5.41) is 8.12. The molecule has 2 aromatic heterocycles. The molecule has 0 fully saturated rings. The van der Waals surface area contributed by atoms with Gasteiger partial charge in [-0.25, -0.2) is 4.98 Å². The van der Waals surface area contributed by atoms with E-state index in [-0.39, 0.29) is 0 Å². The van der Waals surface area contributed by atoms with Gasteiger partial charge in [0.1, 0.15) is 18.2 Å². The van der Waals surface area contributed by atoms with Gasteiger partial charge in [0.05, 0.1) is 16.3 Å². The first kappa shape index (κ1) is 12.8. The minimum Gasteiger partial charge on any atom is -0.436 e. The van der Waals surface area contributed by atoms with E-state index in [4.69, 9.17) is 21.8 Å². The number of halogens is 1. The highest BCUT2D eigenvalue weighted by atomic mass is 35.5. The molecule has 0 aliphatic rings. The lowest BCUT2D eigenvalue weighted by Gasteiger charge is -2.00. The molecular weight excluding hydrogens is 302 g/mol. The summed E-state index contributed by atoms with van der Waals surface area (Å²) < 4.78 is 7.56. The zero-order valence-corrected chi connectivity index (χ0v) is 12.0. The van der Waals surface area contributed by atoms with Gasteiger partial charge < -0.3 is 10.2 Å². The third-order valence-electron chi connectivity index (χ3n) is 3.31. The molecule has 4 rings (SSSR count). The number of fused-ring (bicyclic) bond motifs is 1. The van der Waals surface area contributed by atoms with Crippen molar-refractivity contribution in [1.82, 2.24) is 19.7 Å². The average molecular weight is 312 g/mol. The molecule has 0 saturated carbocycles. The molecule has 2 N–H and O–H groups in total. The summed E-state index contributed by atoms with van der Waals surface area (Å²) in [7, 11) is 0. The summed E-state index contributed by atoms with van der Waals surface area (Å²) in [5.74, 6) is 0.438. The number of hydrogen-bond donors (Lipinski definition) is 1. The molecule has 2 aromatic carbocycles. The summed E-state index contributed by atoms with van der Waals surface area (Å²) in [6, 6.07) is 10.9. The molecule has 22 heavy (non-hydrogen) atoms. The molecule has 7 heteroatoms. The van der Waals surface area contributed by atoms with Crippen molar-refractivity contribution in [3.05, 3.63) is 54.1 Å². The third kappa shape index (κ3) is 2.10. The van der Waals surface area contributed by atoms with Gasteiger partial charge in [0, 0.05) is 5.69 Å². The third-order valence-corrected chi connectivity index (χ3v) is 3.64. The lowest BCUT2D eigenvalue weighted by Crippen LogP contribution is -1.89. The standard InChI is InChI=1S/C15H10ClN5O/c16-12-3-1-9(17)5-11(12)15-20-13-6-10(2-4-14(13)22-15)21-7-18-19-8-21/h1-8H,17H2. The topological polar surface area (TPSA) is 82.8 Å². The molecule has 0 radical (unpaired) electrons. The number of anilines is 1. The van der Waals surface area contributed by atoms with Crippen LogP contribution >= 0.6 is 11.6 Å². The van der Waals surface area contributed by atoms with Gasteiger partial charge in [-0.3, -0.25) is 4.57 Å². The van der Waals surface area contributed by atoms with Gasteiger partial charge in [-0.15, -0.1) is 10.2 Å². The van der Waals surface area contributed by atoms with Crippen molar-refractivity contribution in [2.75, 3.05) is 5.73 Å². The molecule has 0 aliphatic carbocycles. The Morgan fingerprint density at radius 2 is 1.86 bits per heavy atom. The van der Waals surface area contributed by atoms with Crippen molar-refractivity contribution < 1.29 is 4.42 Å². The second-order valence-electron chi connectivity index (χ2n) is 4.78. The van der Waals surface area contributed by atoms with E-state index < -0.39 is 0 Å². The summed E-state index contributed by atoms with van der Waals surface area (Å²) in [5.41, 5.74) is 9.37. The van der Waals surface area contributed by atoms with Crippen molar-refractivity contribution in [3.63, 3.8) is 0 Å². The van der Waals surface area contributed by atoms with Crippen LogP contribution in [0.4, 0.5) is 5.69 Å². The molecule has 0 saturated heterocycles. The lowest BCUT2D eigenvalue weighted by atomic mass is 10.2. The molecule has 0 aliphatic heterocycles. The second-order valence-corrected chi connectivity index (χ2v) is 5.19. The van der Waals surface area contributed by atoms with Gasteiger partial charge in [-0.2, -0.15) is 0 Å². The molecule has 4 aromatic rings. The fraction of sp³-hybridized carbons (Fsp3) is 0. The Bertz CT molecular complexity index is 961. The van der Waals surface area contributed by atoms with Gasteiger partial charge in [-0.1, -0.05) is 11.6 Å². The van der Waals surface area contributed by atoms with E-state index in [1.54, 1.807) is 35.4 Å². The van der Waals surface area contributed by atoms with E-state index in [1.807, 2.05) is 18.2 Å². The van der Waals surface area contributed by atoms with Crippen LogP contribution in [0.1, 0.15) is 0 Å². The fourth-order valence-electron chi connectivity index (χ4n) is 2.23. The molecule has 0 unspecified atom stereocenters. The van der Waals surface area contributed by atoms with Crippen LogP contribution in [0.3, 0.4) is 0 Å². The van der Waals surface area contributed by atoms with Crippen LogP contribution in [-0.2, 0) is 0 Å². The van der Waals surface area contributed by atoms with Crippen LogP contribution < -0.4 is 5.73 Å². The Balaban J connectivity index is 1.85. The Labute approximate surface area is 130 Å². The van der Waals surface area contributed by atoms with E-state index in [1.165, 1.54) is 0 Å². The predicted octanol–water partition coefficient (Wildman–Crippen LogP) is 3.31. The first-order valence-corrected chi connectivity index (χ1v) is 6.89. The first-order chi connectivity index (χ1) is 10.7. The number of nitrogens with zero attached hydrogens (tertiary/aromatic N) is 4. The minimum absolute atomic E-state index is 0.438. The fourth-order valence-corrected chi connectivity index (χ4v) is 2.43. The Morgan fingerprint density at radius 1 is 1.05 bits per heavy atom. The summed E-state index contributed by atoms with van der Waals surface area (Å²) in [4.78, 5) is 4.49.